The van der Waals surface area contributed by atoms with E-state index in [0.29, 0.717) is 11.6 Å². The third-order valence-corrected chi connectivity index (χ3v) is 7.00. The van der Waals surface area contributed by atoms with Crippen molar-refractivity contribution in [2.45, 2.75) is 17.5 Å². The summed E-state index contributed by atoms with van der Waals surface area (Å²) in [7, 11) is 0. The summed E-state index contributed by atoms with van der Waals surface area (Å²) in [5, 5.41) is 13.9. The van der Waals surface area contributed by atoms with Gasteiger partial charge in [-0.25, -0.2) is 4.98 Å². The second-order valence-corrected chi connectivity index (χ2v) is 9.10. The standard InChI is InChI=1S/C21H16N4OS3/c1-2-6-15(7-3-1)12-25-19(17-8-4-10-27-17)23-24-21(25)29-14-16-13-26-20(22-16)18-9-5-11-28-18/h1-11,13H,12,14H2. The second kappa shape index (κ2) is 8.36. The molecule has 5 rings (SSSR count). The van der Waals surface area contributed by atoms with E-state index < -0.39 is 0 Å². The van der Waals surface area contributed by atoms with Crippen molar-refractivity contribution in [2.24, 2.45) is 0 Å². The quantitative estimate of drug-likeness (QED) is 0.290. The molecule has 0 atom stereocenters. The van der Waals surface area contributed by atoms with E-state index in [0.717, 1.165) is 33.0 Å². The first kappa shape index (κ1) is 18.4. The minimum absolute atomic E-state index is 0.667. The predicted octanol–water partition coefficient (Wildman–Crippen LogP) is 6.06. The fourth-order valence-corrected chi connectivity index (χ4v) is 5.11. The SMILES string of the molecule is c1ccc(Cn2c(SCc3coc(-c4cccs4)n3)nnc2-c2cccs2)cc1. The van der Waals surface area contributed by atoms with Crippen molar-refractivity contribution in [1.82, 2.24) is 19.7 Å². The summed E-state index contributed by atoms with van der Waals surface area (Å²) in [4.78, 5) is 6.75. The lowest BCUT2D eigenvalue weighted by molar-refractivity contribution is 0.575. The number of hydrogen-bond donors (Lipinski definition) is 0. The average Bonchev–Trinajstić information content (AvgIpc) is 3.54. The van der Waals surface area contributed by atoms with Crippen LogP contribution in [0.25, 0.3) is 21.5 Å². The third-order valence-electron chi connectivity index (χ3n) is 4.27. The van der Waals surface area contributed by atoms with Crippen LogP contribution in [0, 0.1) is 0 Å². The maximum atomic E-state index is 5.63. The molecule has 0 aliphatic carbocycles. The Morgan fingerprint density at radius 3 is 2.45 bits per heavy atom. The monoisotopic (exact) mass is 436 g/mol. The van der Waals surface area contributed by atoms with E-state index in [4.69, 9.17) is 4.42 Å². The molecule has 0 amide bonds. The van der Waals surface area contributed by atoms with Crippen LogP contribution in [0.15, 0.2) is 81.2 Å². The van der Waals surface area contributed by atoms with Gasteiger partial charge in [-0.15, -0.1) is 32.9 Å². The number of hydrogen-bond acceptors (Lipinski definition) is 7. The highest BCUT2D eigenvalue weighted by Gasteiger charge is 2.17. The maximum Gasteiger partial charge on any atom is 0.236 e. The van der Waals surface area contributed by atoms with Crippen LogP contribution >= 0.6 is 34.4 Å². The van der Waals surface area contributed by atoms with Crippen molar-refractivity contribution in [3.05, 3.63) is 82.9 Å². The molecular weight excluding hydrogens is 420 g/mol. The maximum absolute atomic E-state index is 5.63. The molecule has 0 radical (unpaired) electrons. The van der Waals surface area contributed by atoms with Crippen LogP contribution in [0.3, 0.4) is 0 Å². The van der Waals surface area contributed by atoms with Gasteiger partial charge in [0, 0.05) is 5.75 Å². The van der Waals surface area contributed by atoms with Crippen molar-refractivity contribution < 1.29 is 4.42 Å². The van der Waals surface area contributed by atoms with Gasteiger partial charge in [0.15, 0.2) is 11.0 Å². The van der Waals surface area contributed by atoms with Gasteiger partial charge in [-0.05, 0) is 28.5 Å². The van der Waals surface area contributed by atoms with Crippen LogP contribution in [0.5, 0.6) is 0 Å². The Morgan fingerprint density at radius 1 is 0.897 bits per heavy atom. The lowest BCUT2D eigenvalue weighted by atomic mass is 10.2. The number of thiophene rings is 2. The molecule has 1 aromatic carbocycles. The molecule has 0 fully saturated rings. The van der Waals surface area contributed by atoms with Gasteiger partial charge in [0.1, 0.15) is 6.26 Å². The lowest BCUT2D eigenvalue weighted by Crippen LogP contribution is -2.03. The molecule has 5 nitrogen and oxygen atoms in total. The lowest BCUT2D eigenvalue weighted by Gasteiger charge is -2.09. The third kappa shape index (κ3) is 4.05. The van der Waals surface area contributed by atoms with Crippen molar-refractivity contribution in [3.8, 4) is 21.5 Å². The zero-order valence-electron chi connectivity index (χ0n) is 15.3. The van der Waals surface area contributed by atoms with Gasteiger partial charge in [0.05, 0.1) is 22.0 Å². The molecule has 0 bridgehead atoms. The van der Waals surface area contributed by atoms with Gasteiger partial charge in [-0.1, -0.05) is 54.2 Å². The topological polar surface area (TPSA) is 56.7 Å². The molecule has 8 heteroatoms. The Labute approximate surface area is 180 Å². The van der Waals surface area contributed by atoms with E-state index in [-0.39, 0.29) is 0 Å². The molecule has 0 aliphatic heterocycles. The first-order valence-electron chi connectivity index (χ1n) is 8.99. The van der Waals surface area contributed by atoms with Gasteiger partial charge in [0.2, 0.25) is 5.89 Å². The Bertz CT molecular complexity index is 1180. The van der Waals surface area contributed by atoms with Crippen LogP contribution in [-0.2, 0) is 12.3 Å². The summed E-state index contributed by atoms with van der Waals surface area (Å²) in [6, 6.07) is 18.5. The summed E-state index contributed by atoms with van der Waals surface area (Å²) in [5.41, 5.74) is 2.11. The predicted molar refractivity (Wildman–Crippen MR) is 118 cm³/mol. The fourth-order valence-electron chi connectivity index (χ4n) is 2.92. The van der Waals surface area contributed by atoms with E-state index in [1.807, 2.05) is 29.6 Å². The molecule has 0 saturated carbocycles. The Balaban J connectivity index is 1.39. The summed E-state index contributed by atoms with van der Waals surface area (Å²) >= 11 is 4.92. The van der Waals surface area contributed by atoms with Crippen molar-refractivity contribution in [1.29, 1.82) is 0 Å². The van der Waals surface area contributed by atoms with Crippen LogP contribution in [0.1, 0.15) is 11.3 Å². The molecule has 29 heavy (non-hydrogen) atoms. The minimum atomic E-state index is 0.667. The largest absolute Gasteiger partial charge is 0.444 e. The highest BCUT2D eigenvalue weighted by atomic mass is 32.2. The van der Waals surface area contributed by atoms with E-state index >= 15 is 0 Å². The molecule has 144 valence electrons. The highest BCUT2D eigenvalue weighted by Crippen LogP contribution is 2.30. The molecule has 0 N–H and O–H groups in total. The van der Waals surface area contributed by atoms with Crippen molar-refractivity contribution in [3.63, 3.8) is 0 Å². The number of rotatable bonds is 7. The number of aromatic nitrogens is 4. The van der Waals surface area contributed by atoms with Crippen LogP contribution in [0.2, 0.25) is 0 Å². The van der Waals surface area contributed by atoms with E-state index in [1.165, 1.54) is 5.56 Å². The zero-order valence-corrected chi connectivity index (χ0v) is 17.7. The molecule has 0 unspecified atom stereocenters. The van der Waals surface area contributed by atoms with Crippen molar-refractivity contribution in [2.75, 3.05) is 0 Å². The molecule has 4 heterocycles. The molecule has 0 spiro atoms. The molecule has 0 aliphatic rings. The van der Waals surface area contributed by atoms with Gasteiger partial charge >= 0.3 is 0 Å². The fraction of sp³-hybridized carbons (Fsp3) is 0.0952. The number of thioether (sulfide) groups is 1. The normalized spacial score (nSPS) is 11.2. The van der Waals surface area contributed by atoms with Gasteiger partial charge < -0.3 is 4.42 Å². The summed E-state index contributed by atoms with van der Waals surface area (Å²) in [6.45, 7) is 0.725. The number of oxazole rings is 1. The molecule has 4 aromatic heterocycles. The van der Waals surface area contributed by atoms with E-state index in [2.05, 4.69) is 55.5 Å². The smallest absolute Gasteiger partial charge is 0.236 e. The van der Waals surface area contributed by atoms with Crippen LogP contribution in [-0.4, -0.2) is 19.7 Å². The van der Waals surface area contributed by atoms with Crippen LogP contribution < -0.4 is 0 Å². The highest BCUT2D eigenvalue weighted by molar-refractivity contribution is 7.98. The first-order valence-corrected chi connectivity index (χ1v) is 11.7. The summed E-state index contributed by atoms with van der Waals surface area (Å²) in [5.74, 6) is 2.23. The molecular formula is C21H16N4OS3. The summed E-state index contributed by atoms with van der Waals surface area (Å²) < 4.78 is 7.80. The van der Waals surface area contributed by atoms with Gasteiger partial charge in [-0.2, -0.15) is 0 Å². The first-order chi connectivity index (χ1) is 14.4. The number of nitrogens with zero attached hydrogens (tertiary/aromatic N) is 4. The molecule has 0 saturated heterocycles. The Kier molecular flexibility index (Phi) is 5.29. The zero-order chi connectivity index (χ0) is 19.5. The summed E-state index contributed by atoms with van der Waals surface area (Å²) in [6.07, 6.45) is 1.72. The Morgan fingerprint density at radius 2 is 1.69 bits per heavy atom. The van der Waals surface area contributed by atoms with Crippen molar-refractivity contribution >= 4 is 34.4 Å². The van der Waals surface area contributed by atoms with Gasteiger partial charge in [-0.3, -0.25) is 4.57 Å². The van der Waals surface area contributed by atoms with E-state index in [1.54, 1.807) is 40.7 Å². The second-order valence-electron chi connectivity index (χ2n) is 6.27. The molecule has 5 aromatic rings. The van der Waals surface area contributed by atoms with Gasteiger partial charge in [0.25, 0.3) is 0 Å². The van der Waals surface area contributed by atoms with E-state index in [9.17, 15) is 0 Å². The Hall–Kier alpha value is -2.68. The number of benzene rings is 1. The minimum Gasteiger partial charge on any atom is -0.444 e. The average molecular weight is 437 g/mol. The van der Waals surface area contributed by atoms with Crippen LogP contribution in [0.4, 0.5) is 0 Å².